The third kappa shape index (κ3) is 5.10. The maximum Gasteiger partial charge on any atom is 0.222 e. The third-order valence-electron chi connectivity index (χ3n) is 4.15. The highest BCUT2D eigenvalue weighted by atomic mass is 16.1. The average molecular weight is 239 g/mol. The van der Waals surface area contributed by atoms with E-state index in [1.807, 2.05) is 13.8 Å². The first-order valence-electron chi connectivity index (χ1n) is 7.31. The fourth-order valence-electron chi connectivity index (χ4n) is 2.75. The molecule has 1 fully saturated rings. The molecule has 1 aliphatic rings. The van der Waals surface area contributed by atoms with E-state index in [0.717, 1.165) is 5.92 Å². The van der Waals surface area contributed by atoms with Crippen LogP contribution in [0.3, 0.4) is 0 Å². The van der Waals surface area contributed by atoms with E-state index in [1.54, 1.807) is 0 Å². The first-order chi connectivity index (χ1) is 8.00. The molecule has 0 aliphatic heterocycles. The Morgan fingerprint density at radius 2 is 1.59 bits per heavy atom. The van der Waals surface area contributed by atoms with Crippen LogP contribution in [0.4, 0.5) is 0 Å². The Morgan fingerprint density at radius 3 is 2.06 bits per heavy atom. The van der Waals surface area contributed by atoms with Crippen LogP contribution < -0.4 is 5.32 Å². The number of nitrogens with one attached hydrogen (secondary N) is 1. The summed E-state index contributed by atoms with van der Waals surface area (Å²) in [5.74, 6) is 1.89. The van der Waals surface area contributed by atoms with Gasteiger partial charge in [0.05, 0.1) is 0 Å². The number of hydrogen-bond donors (Lipinski definition) is 1. The molecule has 1 saturated carbocycles. The van der Waals surface area contributed by atoms with Crippen LogP contribution >= 0.6 is 0 Å². The van der Waals surface area contributed by atoms with Gasteiger partial charge in [-0.3, -0.25) is 4.79 Å². The van der Waals surface area contributed by atoms with Crippen molar-refractivity contribution in [1.29, 1.82) is 0 Å². The topological polar surface area (TPSA) is 29.1 Å². The number of carbonyl (C=O) groups is 1. The van der Waals surface area contributed by atoms with Crippen LogP contribution in [0.2, 0.25) is 0 Å². The van der Waals surface area contributed by atoms with Crippen LogP contribution in [-0.4, -0.2) is 11.9 Å². The summed E-state index contributed by atoms with van der Waals surface area (Å²) in [7, 11) is 0. The summed E-state index contributed by atoms with van der Waals surface area (Å²) in [6.45, 7) is 8.46. The molecule has 1 aliphatic carbocycles. The van der Waals surface area contributed by atoms with Crippen molar-refractivity contribution >= 4 is 5.91 Å². The Balaban J connectivity index is 2.39. The van der Waals surface area contributed by atoms with E-state index < -0.39 is 0 Å². The normalized spacial score (nSPS) is 28.3. The smallest absolute Gasteiger partial charge is 0.222 e. The van der Waals surface area contributed by atoms with Crippen LogP contribution in [0.5, 0.6) is 0 Å². The summed E-state index contributed by atoms with van der Waals surface area (Å²) in [6.07, 6.45) is 7.94. The van der Waals surface area contributed by atoms with E-state index in [1.165, 1.54) is 38.5 Å². The van der Waals surface area contributed by atoms with Gasteiger partial charge in [-0.2, -0.15) is 0 Å². The summed E-state index contributed by atoms with van der Waals surface area (Å²) in [5.41, 5.74) is 0. The molecule has 0 saturated heterocycles. The molecule has 0 aromatic carbocycles. The van der Waals surface area contributed by atoms with Gasteiger partial charge in [-0.05, 0) is 31.6 Å². The molecule has 1 atom stereocenters. The molecule has 17 heavy (non-hydrogen) atoms. The van der Waals surface area contributed by atoms with Crippen LogP contribution in [0, 0.1) is 17.8 Å². The van der Waals surface area contributed by atoms with Crippen molar-refractivity contribution in [3.05, 3.63) is 0 Å². The Hall–Kier alpha value is -0.530. The van der Waals surface area contributed by atoms with E-state index in [9.17, 15) is 4.79 Å². The lowest BCUT2D eigenvalue weighted by Crippen LogP contribution is -2.40. The molecule has 0 bridgehead atoms. The summed E-state index contributed by atoms with van der Waals surface area (Å²) in [5, 5.41) is 3.17. The molecule has 1 unspecified atom stereocenters. The predicted molar refractivity (Wildman–Crippen MR) is 72.8 cm³/mol. The Morgan fingerprint density at radius 1 is 1.06 bits per heavy atom. The number of rotatable bonds is 3. The average Bonchev–Trinajstić information content (AvgIpc) is 2.22. The van der Waals surface area contributed by atoms with Gasteiger partial charge in [0.15, 0.2) is 0 Å². The second kappa shape index (κ2) is 7.03. The lowest BCUT2D eigenvalue weighted by atomic mass is 9.83. The van der Waals surface area contributed by atoms with Crippen molar-refractivity contribution in [3.63, 3.8) is 0 Å². The van der Waals surface area contributed by atoms with Gasteiger partial charge in [-0.15, -0.1) is 0 Å². The standard InChI is InChI=1S/C15H29NO/c1-11(2)15(17)16-13(4)14-9-5-7-12(3)8-6-10-14/h11-14H,5-10H2,1-4H3,(H,16,17). The molecule has 1 amide bonds. The van der Waals surface area contributed by atoms with E-state index in [4.69, 9.17) is 0 Å². The minimum Gasteiger partial charge on any atom is -0.353 e. The Labute approximate surface area is 107 Å². The van der Waals surface area contributed by atoms with Crippen molar-refractivity contribution < 1.29 is 4.79 Å². The van der Waals surface area contributed by atoms with E-state index >= 15 is 0 Å². The predicted octanol–water partition coefficient (Wildman–Crippen LogP) is 3.75. The molecular weight excluding hydrogens is 210 g/mol. The highest BCUT2D eigenvalue weighted by Crippen LogP contribution is 2.27. The van der Waals surface area contributed by atoms with Gasteiger partial charge >= 0.3 is 0 Å². The van der Waals surface area contributed by atoms with Gasteiger partial charge in [0, 0.05) is 12.0 Å². The first-order valence-corrected chi connectivity index (χ1v) is 7.31. The van der Waals surface area contributed by atoms with Crippen LogP contribution in [-0.2, 0) is 4.79 Å². The van der Waals surface area contributed by atoms with Gasteiger partial charge in [0.1, 0.15) is 0 Å². The zero-order valence-corrected chi connectivity index (χ0v) is 12.0. The lowest BCUT2D eigenvalue weighted by molar-refractivity contribution is -0.125. The van der Waals surface area contributed by atoms with Crippen molar-refractivity contribution in [1.82, 2.24) is 5.32 Å². The Bertz CT molecular complexity index is 227. The van der Waals surface area contributed by atoms with Crippen LogP contribution in [0.15, 0.2) is 0 Å². The zero-order chi connectivity index (χ0) is 12.8. The SMILES string of the molecule is CC1CCCC(C(C)NC(=O)C(C)C)CCC1. The molecule has 0 radical (unpaired) electrons. The third-order valence-corrected chi connectivity index (χ3v) is 4.15. The zero-order valence-electron chi connectivity index (χ0n) is 12.0. The fraction of sp³-hybridized carbons (Fsp3) is 0.933. The van der Waals surface area contributed by atoms with Crippen molar-refractivity contribution in [2.75, 3.05) is 0 Å². The maximum absolute atomic E-state index is 11.7. The largest absolute Gasteiger partial charge is 0.353 e. The summed E-state index contributed by atoms with van der Waals surface area (Å²) in [4.78, 5) is 11.7. The highest BCUT2D eigenvalue weighted by molar-refractivity contribution is 5.78. The molecule has 1 N–H and O–H groups in total. The Kier molecular flexibility index (Phi) is 6.01. The van der Waals surface area contributed by atoms with Gasteiger partial charge in [-0.1, -0.05) is 46.5 Å². The molecule has 0 heterocycles. The minimum atomic E-state index is 0.103. The molecule has 2 heteroatoms. The second-order valence-corrected chi connectivity index (χ2v) is 6.18. The maximum atomic E-state index is 11.7. The first kappa shape index (κ1) is 14.5. The molecular formula is C15H29NO. The second-order valence-electron chi connectivity index (χ2n) is 6.18. The van der Waals surface area contributed by atoms with Gasteiger partial charge in [0.25, 0.3) is 0 Å². The molecule has 0 aromatic heterocycles. The van der Waals surface area contributed by atoms with Crippen LogP contribution in [0.25, 0.3) is 0 Å². The summed E-state index contributed by atoms with van der Waals surface area (Å²) in [6, 6.07) is 0.346. The van der Waals surface area contributed by atoms with Crippen LogP contribution in [0.1, 0.15) is 66.2 Å². The van der Waals surface area contributed by atoms with Crippen molar-refractivity contribution in [2.24, 2.45) is 17.8 Å². The van der Waals surface area contributed by atoms with Gasteiger partial charge in [0.2, 0.25) is 5.91 Å². The number of amides is 1. The molecule has 0 aromatic rings. The van der Waals surface area contributed by atoms with E-state index in [2.05, 4.69) is 19.2 Å². The van der Waals surface area contributed by atoms with E-state index in [0.29, 0.717) is 12.0 Å². The fourth-order valence-corrected chi connectivity index (χ4v) is 2.75. The molecule has 2 nitrogen and oxygen atoms in total. The lowest BCUT2D eigenvalue weighted by Gasteiger charge is -2.28. The summed E-state index contributed by atoms with van der Waals surface area (Å²) >= 11 is 0. The van der Waals surface area contributed by atoms with Crippen molar-refractivity contribution in [2.45, 2.75) is 72.3 Å². The van der Waals surface area contributed by atoms with Crippen molar-refractivity contribution in [3.8, 4) is 0 Å². The molecule has 100 valence electrons. The number of carbonyl (C=O) groups excluding carboxylic acids is 1. The highest BCUT2D eigenvalue weighted by Gasteiger charge is 2.21. The summed E-state index contributed by atoms with van der Waals surface area (Å²) < 4.78 is 0. The minimum absolute atomic E-state index is 0.103. The van der Waals surface area contributed by atoms with Gasteiger partial charge in [-0.25, -0.2) is 0 Å². The molecule has 1 rings (SSSR count). The number of hydrogen-bond acceptors (Lipinski definition) is 1. The van der Waals surface area contributed by atoms with Gasteiger partial charge < -0.3 is 5.32 Å². The quantitative estimate of drug-likeness (QED) is 0.798. The molecule has 0 spiro atoms. The van der Waals surface area contributed by atoms with E-state index in [-0.39, 0.29) is 11.8 Å². The monoisotopic (exact) mass is 239 g/mol.